The highest BCUT2D eigenvalue weighted by Crippen LogP contribution is 2.07. The van der Waals surface area contributed by atoms with Gasteiger partial charge in [-0.2, -0.15) is 0 Å². The Labute approximate surface area is 75.0 Å². The Bertz CT molecular complexity index is 364. The molecule has 1 heterocycles. The van der Waals surface area contributed by atoms with Crippen LogP contribution in [0.3, 0.4) is 0 Å². The van der Waals surface area contributed by atoms with Gasteiger partial charge < -0.3 is 5.11 Å². The molecule has 0 aliphatic carbocycles. The maximum atomic E-state index is 11.2. The predicted octanol–water partition coefficient (Wildman–Crippen LogP) is 0.521. The fourth-order valence-electron chi connectivity index (χ4n) is 1.23. The van der Waals surface area contributed by atoms with Crippen LogP contribution < -0.4 is 5.56 Å². The average molecular weight is 184 g/mol. The smallest absolute Gasteiger partial charge is 0.328 e. The largest absolute Gasteiger partial charge is 0.480 e. The van der Waals surface area contributed by atoms with E-state index in [-0.39, 0.29) is 5.56 Å². The summed E-state index contributed by atoms with van der Waals surface area (Å²) in [6.07, 6.45) is 0.384. The summed E-state index contributed by atoms with van der Waals surface area (Å²) in [4.78, 5) is 21.9. The molecule has 1 atom stereocenters. The molecule has 0 aliphatic rings. The van der Waals surface area contributed by atoms with Crippen LogP contribution in [-0.4, -0.2) is 20.9 Å². The van der Waals surface area contributed by atoms with E-state index >= 15 is 0 Å². The van der Waals surface area contributed by atoms with E-state index in [0.29, 0.717) is 12.1 Å². The molecule has 13 heavy (non-hydrogen) atoms. The molecule has 0 fully saturated rings. The van der Waals surface area contributed by atoms with E-state index < -0.39 is 12.0 Å². The molecule has 1 rings (SSSR count). The lowest BCUT2D eigenvalue weighted by Crippen LogP contribution is -2.27. The number of H-pyrrole nitrogens is 1. The van der Waals surface area contributed by atoms with Crippen molar-refractivity contribution in [1.29, 1.82) is 0 Å². The van der Waals surface area contributed by atoms with Gasteiger partial charge in [0, 0.05) is 11.8 Å². The monoisotopic (exact) mass is 184 g/mol. The highest BCUT2D eigenvalue weighted by atomic mass is 16.4. The van der Waals surface area contributed by atoms with E-state index in [9.17, 15) is 9.59 Å². The molecule has 0 amide bonds. The Morgan fingerprint density at radius 1 is 1.77 bits per heavy atom. The van der Waals surface area contributed by atoms with Crippen molar-refractivity contribution in [3.05, 3.63) is 22.1 Å². The second kappa shape index (κ2) is 3.47. The average Bonchev–Trinajstić information content (AvgIpc) is 2.31. The number of nitrogens with zero attached hydrogens (tertiary/aromatic N) is 1. The van der Waals surface area contributed by atoms with Crippen LogP contribution in [-0.2, 0) is 4.79 Å². The maximum Gasteiger partial charge on any atom is 0.328 e. The Kier molecular flexibility index (Phi) is 2.55. The van der Waals surface area contributed by atoms with Crippen LogP contribution >= 0.6 is 0 Å². The normalized spacial score (nSPS) is 12.8. The second-order valence-corrected chi connectivity index (χ2v) is 2.91. The fourth-order valence-corrected chi connectivity index (χ4v) is 1.23. The number of aryl methyl sites for hydroxylation is 1. The highest BCUT2D eigenvalue weighted by Gasteiger charge is 2.19. The van der Waals surface area contributed by atoms with Crippen LogP contribution in [0.4, 0.5) is 0 Å². The minimum Gasteiger partial charge on any atom is -0.480 e. The van der Waals surface area contributed by atoms with E-state index in [0.717, 1.165) is 4.68 Å². The van der Waals surface area contributed by atoms with E-state index in [2.05, 4.69) is 5.10 Å². The van der Waals surface area contributed by atoms with Gasteiger partial charge in [-0.15, -0.1) is 0 Å². The molecular weight excluding hydrogens is 172 g/mol. The first-order chi connectivity index (χ1) is 6.06. The van der Waals surface area contributed by atoms with Crippen molar-refractivity contribution in [2.24, 2.45) is 0 Å². The first-order valence-electron chi connectivity index (χ1n) is 4.07. The standard InChI is InChI=1S/C8H12N2O3/c1-3-6(8(12)13)10-7(11)4-5(2)9-10/h4,6,9H,3H2,1-2H3,(H,12,13). The number of carboxylic acids is 1. The van der Waals surface area contributed by atoms with Gasteiger partial charge in [0.15, 0.2) is 6.04 Å². The van der Waals surface area contributed by atoms with Crippen LogP contribution in [0.15, 0.2) is 10.9 Å². The van der Waals surface area contributed by atoms with Gasteiger partial charge in [-0.05, 0) is 13.3 Å². The Morgan fingerprint density at radius 2 is 2.38 bits per heavy atom. The van der Waals surface area contributed by atoms with Crippen LogP contribution in [0.1, 0.15) is 25.1 Å². The zero-order valence-corrected chi connectivity index (χ0v) is 7.57. The quantitative estimate of drug-likeness (QED) is 0.719. The van der Waals surface area contributed by atoms with Gasteiger partial charge in [-0.25, -0.2) is 9.48 Å². The number of carboxylic acid groups (broad SMARTS) is 1. The molecule has 72 valence electrons. The van der Waals surface area contributed by atoms with Gasteiger partial charge in [-0.3, -0.25) is 9.89 Å². The van der Waals surface area contributed by atoms with Crippen LogP contribution in [0.2, 0.25) is 0 Å². The number of hydrogen-bond donors (Lipinski definition) is 2. The summed E-state index contributed by atoms with van der Waals surface area (Å²) in [5.74, 6) is -0.994. The van der Waals surface area contributed by atoms with Gasteiger partial charge in [0.25, 0.3) is 5.56 Å². The molecule has 2 N–H and O–H groups in total. The van der Waals surface area contributed by atoms with Crippen molar-refractivity contribution < 1.29 is 9.90 Å². The first-order valence-corrected chi connectivity index (χ1v) is 4.07. The molecule has 1 aromatic heterocycles. The van der Waals surface area contributed by atoms with E-state index in [4.69, 9.17) is 5.11 Å². The van der Waals surface area contributed by atoms with Gasteiger partial charge in [0.1, 0.15) is 0 Å². The fraction of sp³-hybridized carbons (Fsp3) is 0.500. The molecule has 5 nitrogen and oxygen atoms in total. The third-order valence-corrected chi connectivity index (χ3v) is 1.86. The molecule has 1 unspecified atom stereocenters. The van der Waals surface area contributed by atoms with Crippen LogP contribution in [0.5, 0.6) is 0 Å². The number of nitrogens with one attached hydrogen (secondary N) is 1. The molecule has 0 bridgehead atoms. The SMILES string of the molecule is CCC(C(=O)O)n1[nH]c(C)cc1=O. The van der Waals surface area contributed by atoms with Gasteiger partial charge in [0.2, 0.25) is 0 Å². The van der Waals surface area contributed by atoms with Crippen molar-refractivity contribution in [2.75, 3.05) is 0 Å². The number of aliphatic carboxylic acids is 1. The lowest BCUT2D eigenvalue weighted by atomic mass is 10.2. The molecule has 0 saturated heterocycles. The minimum absolute atomic E-state index is 0.299. The van der Waals surface area contributed by atoms with Gasteiger partial charge >= 0.3 is 5.97 Å². The lowest BCUT2D eigenvalue weighted by molar-refractivity contribution is -0.141. The van der Waals surface area contributed by atoms with Crippen LogP contribution in [0, 0.1) is 6.92 Å². The number of hydrogen-bond acceptors (Lipinski definition) is 2. The summed E-state index contributed by atoms with van der Waals surface area (Å²) in [7, 11) is 0. The summed E-state index contributed by atoms with van der Waals surface area (Å²) in [6, 6.07) is 0.590. The topological polar surface area (TPSA) is 75.1 Å². The predicted molar refractivity (Wildman–Crippen MR) is 46.8 cm³/mol. The number of rotatable bonds is 3. The van der Waals surface area contributed by atoms with Crippen molar-refractivity contribution >= 4 is 5.97 Å². The number of aromatic amines is 1. The molecule has 0 radical (unpaired) electrons. The minimum atomic E-state index is -0.994. The molecule has 0 spiro atoms. The summed E-state index contributed by atoms with van der Waals surface area (Å²) in [5.41, 5.74) is 0.372. The zero-order valence-electron chi connectivity index (χ0n) is 7.57. The molecular formula is C8H12N2O3. The van der Waals surface area contributed by atoms with E-state index in [1.54, 1.807) is 13.8 Å². The van der Waals surface area contributed by atoms with Crippen molar-refractivity contribution in [2.45, 2.75) is 26.3 Å². The van der Waals surface area contributed by atoms with Crippen molar-refractivity contribution in [3.8, 4) is 0 Å². The molecule has 1 aromatic rings. The van der Waals surface area contributed by atoms with Crippen molar-refractivity contribution in [3.63, 3.8) is 0 Å². The summed E-state index contributed by atoms with van der Waals surface area (Å²) < 4.78 is 1.14. The van der Waals surface area contributed by atoms with Crippen molar-refractivity contribution in [1.82, 2.24) is 9.78 Å². The first kappa shape index (κ1) is 9.57. The Balaban J connectivity index is 3.11. The highest BCUT2D eigenvalue weighted by molar-refractivity contribution is 5.71. The number of aromatic nitrogens is 2. The summed E-state index contributed by atoms with van der Waals surface area (Å²) in [5, 5.41) is 11.5. The van der Waals surface area contributed by atoms with E-state index in [1.165, 1.54) is 6.07 Å². The lowest BCUT2D eigenvalue weighted by Gasteiger charge is -2.09. The van der Waals surface area contributed by atoms with Gasteiger partial charge in [-0.1, -0.05) is 6.92 Å². The second-order valence-electron chi connectivity index (χ2n) is 2.91. The Hall–Kier alpha value is -1.52. The maximum absolute atomic E-state index is 11.2. The van der Waals surface area contributed by atoms with Gasteiger partial charge in [0.05, 0.1) is 0 Å². The summed E-state index contributed by atoms with van der Waals surface area (Å²) >= 11 is 0. The Morgan fingerprint density at radius 3 is 2.69 bits per heavy atom. The zero-order chi connectivity index (χ0) is 10.0. The summed E-state index contributed by atoms with van der Waals surface area (Å²) in [6.45, 7) is 3.44. The number of carbonyl (C=O) groups is 1. The molecule has 0 aromatic carbocycles. The molecule has 0 saturated carbocycles. The van der Waals surface area contributed by atoms with E-state index in [1.807, 2.05) is 0 Å². The van der Waals surface area contributed by atoms with Crippen LogP contribution in [0.25, 0.3) is 0 Å². The molecule has 0 aliphatic heterocycles. The molecule has 5 heteroatoms. The third-order valence-electron chi connectivity index (χ3n) is 1.86. The third kappa shape index (κ3) is 1.80.